The Hall–Kier alpha value is -2.08. The third kappa shape index (κ3) is 1.31. The lowest BCUT2D eigenvalue weighted by Gasteiger charge is -2.17. The summed E-state index contributed by atoms with van der Waals surface area (Å²) in [5.41, 5.74) is 5.51. The molecule has 98 valence electrons. The molecule has 0 aliphatic carbocycles. The highest BCUT2D eigenvalue weighted by atomic mass is 14.2. The predicted molar refractivity (Wildman–Crippen MR) is 89.1 cm³/mol. The van der Waals surface area contributed by atoms with Crippen molar-refractivity contribution >= 4 is 32.3 Å². The minimum Gasteiger partial charge on any atom is -0.0581 e. The zero-order valence-electron chi connectivity index (χ0n) is 12.5. The lowest BCUT2D eigenvalue weighted by molar-refractivity contribution is 1.46. The first-order valence-electron chi connectivity index (χ1n) is 7.23. The van der Waals surface area contributed by atoms with Crippen molar-refractivity contribution in [2.75, 3.05) is 0 Å². The highest BCUT2D eigenvalue weighted by Gasteiger charge is 2.14. The minimum absolute atomic E-state index is 1.37. The summed E-state index contributed by atoms with van der Waals surface area (Å²) in [5.74, 6) is 0. The van der Waals surface area contributed by atoms with E-state index in [0.717, 1.165) is 0 Å². The van der Waals surface area contributed by atoms with E-state index < -0.39 is 0 Å². The van der Waals surface area contributed by atoms with Crippen LogP contribution in [0.1, 0.15) is 22.3 Å². The Labute approximate surface area is 119 Å². The fourth-order valence-electron chi connectivity index (χ4n) is 3.73. The smallest absolute Gasteiger partial charge is 0.00212 e. The lowest BCUT2D eigenvalue weighted by atomic mass is 9.86. The van der Waals surface area contributed by atoms with E-state index >= 15 is 0 Å². The number of rotatable bonds is 0. The molecular formula is C20H18. The molecule has 0 fully saturated rings. The van der Waals surface area contributed by atoms with E-state index in [1.54, 1.807) is 0 Å². The molecule has 0 heteroatoms. The van der Waals surface area contributed by atoms with E-state index in [4.69, 9.17) is 0 Å². The minimum atomic E-state index is 1.37. The van der Waals surface area contributed by atoms with Crippen molar-refractivity contribution in [3.05, 3.63) is 58.7 Å². The van der Waals surface area contributed by atoms with Crippen molar-refractivity contribution in [2.45, 2.75) is 27.7 Å². The van der Waals surface area contributed by atoms with Gasteiger partial charge in [-0.25, -0.2) is 0 Å². The SMILES string of the molecule is Cc1cc2ccc(C)c3c(C)cc4c(C)ccc1c4c23. The van der Waals surface area contributed by atoms with E-state index in [0.29, 0.717) is 0 Å². The molecule has 0 heterocycles. The summed E-state index contributed by atoms with van der Waals surface area (Å²) in [7, 11) is 0. The van der Waals surface area contributed by atoms with Gasteiger partial charge in [0.05, 0.1) is 0 Å². The van der Waals surface area contributed by atoms with Crippen LogP contribution in [-0.2, 0) is 0 Å². The Bertz CT molecular complexity index is 974. The molecule has 0 nitrogen and oxygen atoms in total. The van der Waals surface area contributed by atoms with E-state index in [9.17, 15) is 0 Å². The van der Waals surface area contributed by atoms with Crippen LogP contribution in [0.15, 0.2) is 36.4 Å². The van der Waals surface area contributed by atoms with Crippen molar-refractivity contribution in [3.63, 3.8) is 0 Å². The van der Waals surface area contributed by atoms with Gasteiger partial charge in [-0.15, -0.1) is 0 Å². The lowest BCUT2D eigenvalue weighted by Crippen LogP contribution is -1.92. The molecule has 0 spiro atoms. The molecule has 0 saturated heterocycles. The van der Waals surface area contributed by atoms with Crippen LogP contribution in [0.25, 0.3) is 32.3 Å². The Balaban J connectivity index is 2.50. The zero-order valence-corrected chi connectivity index (χ0v) is 12.5. The van der Waals surface area contributed by atoms with Gasteiger partial charge in [0.15, 0.2) is 0 Å². The van der Waals surface area contributed by atoms with Crippen LogP contribution in [0, 0.1) is 27.7 Å². The number of aryl methyl sites for hydroxylation is 4. The maximum Gasteiger partial charge on any atom is -0.00212 e. The monoisotopic (exact) mass is 258 g/mol. The average molecular weight is 258 g/mol. The molecule has 4 aromatic carbocycles. The molecule has 0 aliphatic heterocycles. The molecule has 0 unspecified atom stereocenters. The molecule has 4 aromatic rings. The van der Waals surface area contributed by atoms with Crippen LogP contribution in [0.2, 0.25) is 0 Å². The highest BCUT2D eigenvalue weighted by molar-refractivity contribution is 6.25. The quantitative estimate of drug-likeness (QED) is 0.349. The Morgan fingerprint density at radius 3 is 2.05 bits per heavy atom. The molecule has 0 amide bonds. The maximum absolute atomic E-state index is 2.37. The van der Waals surface area contributed by atoms with Crippen molar-refractivity contribution in [1.29, 1.82) is 0 Å². The fourth-order valence-corrected chi connectivity index (χ4v) is 3.73. The average Bonchev–Trinajstić information content (AvgIpc) is 2.42. The van der Waals surface area contributed by atoms with Gasteiger partial charge in [0.2, 0.25) is 0 Å². The third-order valence-electron chi connectivity index (χ3n) is 4.71. The summed E-state index contributed by atoms with van der Waals surface area (Å²) in [4.78, 5) is 0. The summed E-state index contributed by atoms with van der Waals surface area (Å²) in [6.07, 6.45) is 0. The molecule has 0 radical (unpaired) electrons. The molecule has 20 heavy (non-hydrogen) atoms. The molecule has 0 aromatic heterocycles. The summed E-state index contributed by atoms with van der Waals surface area (Å²) in [5, 5.41) is 8.51. The standard InChI is InChI=1S/C20H18/c1-11-6-8-16-13(3)9-15-7-5-12(2)18-14(4)10-17(11)20(16)19(15)18/h5-10H,1-4H3. The van der Waals surface area contributed by atoms with Gasteiger partial charge in [-0.3, -0.25) is 0 Å². The second-order valence-electron chi connectivity index (χ2n) is 6.10. The summed E-state index contributed by atoms with van der Waals surface area (Å²) in [6.45, 7) is 8.90. The second kappa shape index (κ2) is 3.73. The van der Waals surface area contributed by atoms with Crippen molar-refractivity contribution in [1.82, 2.24) is 0 Å². The van der Waals surface area contributed by atoms with E-state index in [-0.39, 0.29) is 0 Å². The first-order valence-corrected chi connectivity index (χ1v) is 7.23. The first kappa shape index (κ1) is 11.7. The molecule has 0 bridgehead atoms. The maximum atomic E-state index is 2.37. The van der Waals surface area contributed by atoms with E-state index in [1.165, 1.54) is 54.6 Å². The number of hydrogen-bond acceptors (Lipinski definition) is 0. The predicted octanol–water partition coefficient (Wildman–Crippen LogP) is 5.82. The van der Waals surface area contributed by atoms with E-state index in [1.807, 2.05) is 0 Å². The zero-order chi connectivity index (χ0) is 14.0. The van der Waals surface area contributed by atoms with Crippen LogP contribution in [-0.4, -0.2) is 0 Å². The van der Waals surface area contributed by atoms with Crippen LogP contribution >= 0.6 is 0 Å². The van der Waals surface area contributed by atoms with Gasteiger partial charge in [0.25, 0.3) is 0 Å². The van der Waals surface area contributed by atoms with Crippen LogP contribution in [0.4, 0.5) is 0 Å². The molecule has 0 saturated carbocycles. The highest BCUT2D eigenvalue weighted by Crippen LogP contribution is 2.40. The molecule has 0 atom stereocenters. The fraction of sp³-hybridized carbons (Fsp3) is 0.200. The van der Waals surface area contributed by atoms with Gasteiger partial charge in [-0.1, -0.05) is 36.4 Å². The van der Waals surface area contributed by atoms with E-state index in [2.05, 4.69) is 64.1 Å². The molecule has 4 rings (SSSR count). The molecule has 0 N–H and O–H groups in total. The largest absolute Gasteiger partial charge is 0.0581 e. The summed E-state index contributed by atoms with van der Waals surface area (Å²) < 4.78 is 0. The topological polar surface area (TPSA) is 0 Å². The van der Waals surface area contributed by atoms with Gasteiger partial charge in [0, 0.05) is 0 Å². The van der Waals surface area contributed by atoms with Crippen molar-refractivity contribution in [2.24, 2.45) is 0 Å². The third-order valence-corrected chi connectivity index (χ3v) is 4.71. The Morgan fingerprint density at radius 1 is 0.500 bits per heavy atom. The number of benzene rings is 4. The van der Waals surface area contributed by atoms with Gasteiger partial charge in [-0.2, -0.15) is 0 Å². The summed E-state index contributed by atoms with van der Waals surface area (Å²) in [6, 6.07) is 13.8. The van der Waals surface area contributed by atoms with Gasteiger partial charge in [-0.05, 0) is 82.3 Å². The normalized spacial score (nSPS) is 12.0. The number of hydrogen-bond donors (Lipinski definition) is 0. The van der Waals surface area contributed by atoms with Crippen LogP contribution in [0.3, 0.4) is 0 Å². The van der Waals surface area contributed by atoms with Crippen molar-refractivity contribution < 1.29 is 0 Å². The first-order chi connectivity index (χ1) is 9.58. The van der Waals surface area contributed by atoms with Gasteiger partial charge in [0.1, 0.15) is 0 Å². The molecule has 0 aliphatic rings. The Kier molecular flexibility index (Phi) is 2.18. The second-order valence-corrected chi connectivity index (χ2v) is 6.10. The van der Waals surface area contributed by atoms with Crippen LogP contribution in [0.5, 0.6) is 0 Å². The van der Waals surface area contributed by atoms with Gasteiger partial charge >= 0.3 is 0 Å². The van der Waals surface area contributed by atoms with Gasteiger partial charge < -0.3 is 0 Å². The Morgan fingerprint density at radius 2 is 1.25 bits per heavy atom. The summed E-state index contributed by atoms with van der Waals surface area (Å²) >= 11 is 0. The van der Waals surface area contributed by atoms with Crippen molar-refractivity contribution in [3.8, 4) is 0 Å². The van der Waals surface area contributed by atoms with Crippen LogP contribution < -0.4 is 0 Å². The molecular weight excluding hydrogens is 240 g/mol.